The molecule has 6 nitrogen and oxygen atoms in total. The zero-order valence-electron chi connectivity index (χ0n) is 13.8. The van der Waals surface area contributed by atoms with Gasteiger partial charge in [0.15, 0.2) is 5.16 Å². The van der Waals surface area contributed by atoms with Crippen molar-refractivity contribution in [3.8, 4) is 11.5 Å². The molecular weight excluding hydrogens is 434 g/mol. The van der Waals surface area contributed by atoms with Gasteiger partial charge in [-0.05, 0) is 35.7 Å². The minimum Gasteiger partial charge on any atom is -0.420 e. The summed E-state index contributed by atoms with van der Waals surface area (Å²) in [6, 6.07) is 11.9. The number of nitrogens with zero attached hydrogens (tertiary/aromatic N) is 5. The van der Waals surface area contributed by atoms with E-state index in [9.17, 15) is 0 Å². The second-order valence-electron chi connectivity index (χ2n) is 5.51. The molecule has 0 fully saturated rings. The maximum absolute atomic E-state index is 5.75. The summed E-state index contributed by atoms with van der Waals surface area (Å²) in [4.78, 5) is 1.27. The molecule has 0 aliphatic carbocycles. The van der Waals surface area contributed by atoms with E-state index in [0.717, 1.165) is 27.4 Å². The van der Waals surface area contributed by atoms with Crippen molar-refractivity contribution in [2.24, 2.45) is 7.05 Å². The van der Waals surface area contributed by atoms with E-state index in [1.165, 1.54) is 16.6 Å². The molecule has 3 aromatic heterocycles. The van der Waals surface area contributed by atoms with E-state index in [-0.39, 0.29) is 0 Å². The zero-order chi connectivity index (χ0) is 17.9. The number of halogens is 1. The number of benzene rings is 1. The first-order valence-electron chi connectivity index (χ1n) is 7.81. The maximum Gasteiger partial charge on any atom is 0.247 e. The van der Waals surface area contributed by atoms with Gasteiger partial charge in [0.25, 0.3) is 0 Å². The van der Waals surface area contributed by atoms with Crippen LogP contribution >= 0.6 is 39.0 Å². The molecule has 0 unspecified atom stereocenters. The molecule has 0 aliphatic heterocycles. The lowest BCUT2D eigenvalue weighted by atomic mass is 10.2. The molecule has 132 valence electrons. The third kappa shape index (κ3) is 3.89. The summed E-state index contributed by atoms with van der Waals surface area (Å²) in [5.74, 6) is 2.57. The fraction of sp³-hybridized carbons (Fsp3) is 0.176. The van der Waals surface area contributed by atoms with E-state index < -0.39 is 0 Å². The molecule has 0 spiro atoms. The summed E-state index contributed by atoms with van der Waals surface area (Å²) in [6.45, 7) is 0. The third-order valence-corrected chi connectivity index (χ3v) is 6.13. The summed E-state index contributed by atoms with van der Waals surface area (Å²) in [5.41, 5.74) is 0.897. The minimum absolute atomic E-state index is 0.518. The lowest BCUT2D eigenvalue weighted by Crippen LogP contribution is -1.99. The number of rotatable bonds is 6. The van der Waals surface area contributed by atoms with Crippen LogP contribution in [0.4, 0.5) is 0 Å². The Morgan fingerprint density at radius 1 is 1.12 bits per heavy atom. The number of hydrogen-bond acceptors (Lipinski definition) is 7. The molecule has 26 heavy (non-hydrogen) atoms. The highest BCUT2D eigenvalue weighted by molar-refractivity contribution is 9.10. The monoisotopic (exact) mass is 447 g/mol. The Morgan fingerprint density at radius 3 is 2.73 bits per heavy atom. The first kappa shape index (κ1) is 17.4. The average Bonchev–Trinajstić information content (AvgIpc) is 3.38. The number of thiophene rings is 1. The predicted molar refractivity (Wildman–Crippen MR) is 105 cm³/mol. The summed E-state index contributed by atoms with van der Waals surface area (Å²) in [5, 5.41) is 19.7. The molecule has 0 saturated carbocycles. The molecule has 0 amide bonds. The molecule has 4 rings (SSSR count). The molecule has 4 aromatic rings. The molecule has 0 aliphatic rings. The van der Waals surface area contributed by atoms with Gasteiger partial charge in [-0.25, -0.2) is 0 Å². The van der Waals surface area contributed by atoms with Crippen LogP contribution in [0.15, 0.2) is 55.8 Å². The number of thioether (sulfide) groups is 1. The highest BCUT2D eigenvalue weighted by atomic mass is 79.9. The summed E-state index contributed by atoms with van der Waals surface area (Å²) in [6.07, 6.45) is 0.788. The molecule has 0 saturated heterocycles. The van der Waals surface area contributed by atoms with Crippen molar-refractivity contribution in [2.45, 2.75) is 17.3 Å². The summed E-state index contributed by atoms with van der Waals surface area (Å²) in [7, 11) is 1.98. The van der Waals surface area contributed by atoms with E-state index in [0.29, 0.717) is 17.5 Å². The molecule has 0 atom stereocenters. The van der Waals surface area contributed by atoms with Crippen LogP contribution < -0.4 is 0 Å². The molecule has 0 N–H and O–H groups in total. The van der Waals surface area contributed by atoms with Crippen LogP contribution in [-0.2, 0) is 19.2 Å². The fourth-order valence-electron chi connectivity index (χ4n) is 2.34. The Labute approximate surface area is 166 Å². The Morgan fingerprint density at radius 2 is 1.96 bits per heavy atom. The van der Waals surface area contributed by atoms with Crippen molar-refractivity contribution >= 4 is 39.0 Å². The van der Waals surface area contributed by atoms with E-state index >= 15 is 0 Å². The van der Waals surface area contributed by atoms with Crippen LogP contribution in [0.5, 0.6) is 0 Å². The van der Waals surface area contributed by atoms with E-state index in [2.05, 4.69) is 47.8 Å². The standard InChI is InChI=1S/C17H14BrN5OS2/c1-23-14(9-13-3-2-8-25-13)19-22-17(23)26-10-15-20-21-16(24-15)11-4-6-12(18)7-5-11/h2-8H,9-10H2,1H3. The van der Waals surface area contributed by atoms with Crippen LogP contribution in [0.1, 0.15) is 16.6 Å². The van der Waals surface area contributed by atoms with Crippen molar-refractivity contribution in [1.82, 2.24) is 25.0 Å². The summed E-state index contributed by atoms with van der Waals surface area (Å²) >= 11 is 6.67. The van der Waals surface area contributed by atoms with Crippen LogP contribution in [-0.4, -0.2) is 25.0 Å². The average molecular weight is 448 g/mol. The molecule has 0 bridgehead atoms. The van der Waals surface area contributed by atoms with Crippen molar-refractivity contribution in [3.05, 3.63) is 62.8 Å². The van der Waals surface area contributed by atoms with Gasteiger partial charge < -0.3 is 8.98 Å². The van der Waals surface area contributed by atoms with Gasteiger partial charge in [-0.1, -0.05) is 33.8 Å². The molecule has 0 radical (unpaired) electrons. The molecule has 9 heteroatoms. The lowest BCUT2D eigenvalue weighted by Gasteiger charge is -2.01. The van der Waals surface area contributed by atoms with Crippen molar-refractivity contribution in [2.75, 3.05) is 0 Å². The van der Waals surface area contributed by atoms with Gasteiger partial charge in [-0.3, -0.25) is 0 Å². The number of aromatic nitrogens is 5. The highest BCUT2D eigenvalue weighted by Crippen LogP contribution is 2.25. The van der Waals surface area contributed by atoms with Crippen molar-refractivity contribution in [3.63, 3.8) is 0 Å². The Bertz CT molecular complexity index is 995. The maximum atomic E-state index is 5.75. The minimum atomic E-state index is 0.518. The van der Waals surface area contributed by atoms with E-state index in [1.54, 1.807) is 11.3 Å². The van der Waals surface area contributed by atoms with Gasteiger partial charge in [0.05, 0.1) is 5.75 Å². The smallest absolute Gasteiger partial charge is 0.247 e. The van der Waals surface area contributed by atoms with Gasteiger partial charge in [0.1, 0.15) is 5.82 Å². The Hall–Kier alpha value is -1.97. The van der Waals surface area contributed by atoms with Gasteiger partial charge >= 0.3 is 0 Å². The molecular formula is C17H14BrN5OS2. The van der Waals surface area contributed by atoms with Gasteiger partial charge in [-0.15, -0.1) is 31.7 Å². The first-order chi connectivity index (χ1) is 12.7. The second-order valence-corrected chi connectivity index (χ2v) is 8.40. The van der Waals surface area contributed by atoms with E-state index in [4.69, 9.17) is 4.42 Å². The first-order valence-corrected chi connectivity index (χ1v) is 10.5. The molecule has 1 aromatic carbocycles. The van der Waals surface area contributed by atoms with Gasteiger partial charge in [-0.2, -0.15) is 0 Å². The lowest BCUT2D eigenvalue weighted by molar-refractivity contribution is 0.528. The third-order valence-electron chi connectivity index (χ3n) is 3.72. The van der Waals surface area contributed by atoms with Gasteiger partial charge in [0.2, 0.25) is 11.8 Å². The van der Waals surface area contributed by atoms with Crippen LogP contribution in [0.25, 0.3) is 11.5 Å². The normalized spacial score (nSPS) is 11.2. The largest absolute Gasteiger partial charge is 0.420 e. The van der Waals surface area contributed by atoms with Gasteiger partial charge in [0, 0.05) is 28.4 Å². The fourth-order valence-corrected chi connectivity index (χ4v) is 4.07. The topological polar surface area (TPSA) is 69.6 Å². The highest BCUT2D eigenvalue weighted by Gasteiger charge is 2.13. The molecule has 3 heterocycles. The quantitative estimate of drug-likeness (QED) is 0.403. The zero-order valence-corrected chi connectivity index (χ0v) is 17.0. The predicted octanol–water partition coefficient (Wildman–Crippen LogP) is 4.57. The number of hydrogen-bond donors (Lipinski definition) is 0. The van der Waals surface area contributed by atoms with Crippen LogP contribution in [0.3, 0.4) is 0 Å². The summed E-state index contributed by atoms with van der Waals surface area (Å²) < 4.78 is 8.77. The van der Waals surface area contributed by atoms with E-state index in [1.807, 2.05) is 41.9 Å². The SMILES string of the molecule is Cn1c(Cc2cccs2)nnc1SCc1nnc(-c2ccc(Br)cc2)o1. The Kier molecular flexibility index (Phi) is 5.18. The van der Waals surface area contributed by atoms with Crippen molar-refractivity contribution in [1.29, 1.82) is 0 Å². The second kappa shape index (κ2) is 7.73. The van der Waals surface area contributed by atoms with Crippen molar-refractivity contribution < 1.29 is 4.42 Å². The van der Waals surface area contributed by atoms with Crippen LogP contribution in [0, 0.1) is 0 Å². The van der Waals surface area contributed by atoms with Crippen LogP contribution in [0.2, 0.25) is 0 Å². The Balaban J connectivity index is 1.42.